The molecule has 0 heterocycles. The molecule has 0 radical (unpaired) electrons. The number of amides is 1. The van der Waals surface area contributed by atoms with Crippen LogP contribution in [0.1, 0.15) is 31.0 Å². The van der Waals surface area contributed by atoms with Crippen molar-refractivity contribution in [3.63, 3.8) is 0 Å². The number of methoxy groups -OCH3 is 1. The fraction of sp³-hybridized carbons (Fsp3) is 0.250. The Hall–Kier alpha value is -2.60. The van der Waals surface area contributed by atoms with E-state index in [1.807, 2.05) is 6.92 Å². The van der Waals surface area contributed by atoms with Gasteiger partial charge in [-0.15, -0.1) is 0 Å². The zero-order valence-corrected chi connectivity index (χ0v) is 15.9. The number of halogens is 3. The lowest BCUT2D eigenvalue weighted by molar-refractivity contribution is -0.117. The summed E-state index contributed by atoms with van der Waals surface area (Å²) in [6.07, 6.45) is 2.89. The van der Waals surface area contributed by atoms with E-state index >= 15 is 0 Å². The Labute approximate surface area is 161 Å². The summed E-state index contributed by atoms with van der Waals surface area (Å²) in [4.78, 5) is 12.1. The fourth-order valence-electron chi connectivity index (χ4n) is 2.44. The van der Waals surface area contributed by atoms with Crippen LogP contribution in [0.5, 0.6) is 11.5 Å². The summed E-state index contributed by atoms with van der Waals surface area (Å²) in [5, 5.41) is 3.05. The number of rotatable bonds is 7. The van der Waals surface area contributed by atoms with Gasteiger partial charge < -0.3 is 14.8 Å². The maximum Gasteiger partial charge on any atom is 0.244 e. The Morgan fingerprint density at radius 2 is 2.00 bits per heavy atom. The molecule has 7 heteroatoms. The average Bonchev–Trinajstić information content (AvgIpc) is 2.62. The fourth-order valence-corrected chi connectivity index (χ4v) is 2.74. The summed E-state index contributed by atoms with van der Waals surface area (Å²) < 4.78 is 37.0. The minimum absolute atomic E-state index is 0.360. The number of carbonyl (C=O) groups excluding carboxylic acids is 1. The third-order valence-corrected chi connectivity index (χ3v) is 4.05. The Morgan fingerprint density at radius 1 is 1.26 bits per heavy atom. The molecule has 0 fully saturated rings. The van der Waals surface area contributed by atoms with Gasteiger partial charge in [0.15, 0.2) is 23.1 Å². The van der Waals surface area contributed by atoms with E-state index in [-0.39, 0.29) is 0 Å². The van der Waals surface area contributed by atoms with Crippen LogP contribution < -0.4 is 14.8 Å². The van der Waals surface area contributed by atoms with E-state index in [0.29, 0.717) is 34.3 Å². The van der Waals surface area contributed by atoms with E-state index in [0.717, 1.165) is 12.1 Å². The maximum atomic E-state index is 13.3. The van der Waals surface area contributed by atoms with Gasteiger partial charge in [0.2, 0.25) is 5.91 Å². The summed E-state index contributed by atoms with van der Waals surface area (Å²) in [7, 11) is 1.49. The van der Waals surface area contributed by atoms with Crippen LogP contribution in [-0.2, 0) is 4.79 Å². The van der Waals surface area contributed by atoms with E-state index in [1.165, 1.54) is 19.3 Å². The molecule has 144 valence electrons. The van der Waals surface area contributed by atoms with Crippen LogP contribution in [-0.4, -0.2) is 19.6 Å². The van der Waals surface area contributed by atoms with Gasteiger partial charge in [-0.1, -0.05) is 17.7 Å². The van der Waals surface area contributed by atoms with E-state index < -0.39 is 23.6 Å². The number of benzene rings is 2. The molecule has 0 aliphatic carbocycles. The Balaban J connectivity index is 2.10. The largest absolute Gasteiger partial charge is 0.491 e. The van der Waals surface area contributed by atoms with Crippen LogP contribution >= 0.6 is 11.6 Å². The topological polar surface area (TPSA) is 47.6 Å². The van der Waals surface area contributed by atoms with Gasteiger partial charge in [-0.2, -0.15) is 0 Å². The highest BCUT2D eigenvalue weighted by Crippen LogP contribution is 2.36. The number of hydrogen-bond acceptors (Lipinski definition) is 3. The van der Waals surface area contributed by atoms with Crippen LogP contribution in [0.3, 0.4) is 0 Å². The first-order chi connectivity index (χ1) is 12.8. The van der Waals surface area contributed by atoms with E-state index in [2.05, 4.69) is 5.32 Å². The van der Waals surface area contributed by atoms with Crippen molar-refractivity contribution >= 4 is 23.6 Å². The summed E-state index contributed by atoms with van der Waals surface area (Å²) in [5.41, 5.74) is 1.11. The normalized spacial score (nSPS) is 12.1. The first kappa shape index (κ1) is 20.7. The molecule has 2 aromatic carbocycles. The van der Waals surface area contributed by atoms with E-state index in [4.69, 9.17) is 21.1 Å². The van der Waals surface area contributed by atoms with Crippen molar-refractivity contribution in [2.45, 2.75) is 19.9 Å². The first-order valence-electron chi connectivity index (χ1n) is 8.29. The molecule has 0 saturated heterocycles. The summed E-state index contributed by atoms with van der Waals surface area (Å²) in [6.45, 7) is 3.95. The monoisotopic (exact) mass is 395 g/mol. The van der Waals surface area contributed by atoms with Gasteiger partial charge in [0.05, 0.1) is 24.8 Å². The van der Waals surface area contributed by atoms with Crippen LogP contribution in [0.25, 0.3) is 6.08 Å². The zero-order chi connectivity index (χ0) is 20.0. The number of hydrogen-bond donors (Lipinski definition) is 1. The third kappa shape index (κ3) is 5.44. The second-order valence-corrected chi connectivity index (χ2v) is 6.11. The molecule has 1 unspecified atom stereocenters. The lowest BCUT2D eigenvalue weighted by Gasteiger charge is -2.13. The minimum Gasteiger partial charge on any atom is -0.491 e. The zero-order valence-electron chi connectivity index (χ0n) is 15.2. The maximum absolute atomic E-state index is 13.3. The van der Waals surface area contributed by atoms with Crippen LogP contribution in [0, 0.1) is 11.6 Å². The van der Waals surface area contributed by atoms with E-state index in [1.54, 1.807) is 25.1 Å². The molecule has 27 heavy (non-hydrogen) atoms. The first-order valence-corrected chi connectivity index (χ1v) is 8.67. The second kappa shape index (κ2) is 9.37. The molecule has 0 aliphatic rings. The van der Waals surface area contributed by atoms with Gasteiger partial charge in [-0.3, -0.25) is 4.79 Å². The summed E-state index contributed by atoms with van der Waals surface area (Å²) in [6, 6.07) is 6.36. The van der Waals surface area contributed by atoms with Crippen molar-refractivity contribution in [3.05, 3.63) is 64.2 Å². The van der Waals surface area contributed by atoms with Gasteiger partial charge in [-0.25, -0.2) is 8.78 Å². The molecule has 2 rings (SSSR count). The van der Waals surface area contributed by atoms with Crippen molar-refractivity contribution < 1.29 is 23.0 Å². The molecule has 1 amide bonds. The molecule has 0 aliphatic heterocycles. The van der Waals surface area contributed by atoms with Crippen molar-refractivity contribution in [1.82, 2.24) is 5.32 Å². The quantitative estimate of drug-likeness (QED) is 0.677. The standard InChI is InChI=1S/C20H20ClF2NO3/c1-4-27-18-10-13(9-15(21)20(18)26-3)5-8-19(25)24-12(2)14-6-7-16(22)17(23)11-14/h5-12H,4H2,1-3H3,(H,24,25)/b8-5+. The molecule has 4 nitrogen and oxygen atoms in total. The molecule has 0 aromatic heterocycles. The van der Waals surface area contributed by atoms with Crippen LogP contribution in [0.4, 0.5) is 8.78 Å². The van der Waals surface area contributed by atoms with Crippen molar-refractivity contribution in [3.8, 4) is 11.5 Å². The predicted molar refractivity (Wildman–Crippen MR) is 101 cm³/mol. The molecule has 2 aromatic rings. The molecule has 1 N–H and O–H groups in total. The highest BCUT2D eigenvalue weighted by molar-refractivity contribution is 6.32. The van der Waals surface area contributed by atoms with Crippen LogP contribution in [0.2, 0.25) is 5.02 Å². The Kier molecular flexibility index (Phi) is 7.19. The molecular weight excluding hydrogens is 376 g/mol. The molecule has 0 spiro atoms. The molecule has 1 atom stereocenters. The molecule has 0 saturated carbocycles. The smallest absolute Gasteiger partial charge is 0.244 e. The SMILES string of the molecule is CCOc1cc(/C=C/C(=O)NC(C)c2ccc(F)c(F)c2)cc(Cl)c1OC. The number of nitrogens with one attached hydrogen (secondary N) is 1. The van der Waals surface area contributed by atoms with Crippen LogP contribution in [0.15, 0.2) is 36.4 Å². The predicted octanol–water partition coefficient (Wildman–Crippen LogP) is 4.92. The van der Waals surface area contributed by atoms with Gasteiger partial charge in [0.1, 0.15) is 0 Å². The summed E-state index contributed by atoms with van der Waals surface area (Å²) >= 11 is 6.17. The molecular formula is C20H20ClF2NO3. The lowest BCUT2D eigenvalue weighted by atomic mass is 10.1. The van der Waals surface area contributed by atoms with Crippen molar-refractivity contribution in [2.75, 3.05) is 13.7 Å². The van der Waals surface area contributed by atoms with Gasteiger partial charge in [0, 0.05) is 6.08 Å². The number of ether oxygens (including phenoxy) is 2. The van der Waals surface area contributed by atoms with Gasteiger partial charge in [-0.05, 0) is 55.3 Å². The lowest BCUT2D eigenvalue weighted by Crippen LogP contribution is -2.24. The van der Waals surface area contributed by atoms with Gasteiger partial charge >= 0.3 is 0 Å². The Morgan fingerprint density at radius 3 is 2.63 bits per heavy atom. The highest BCUT2D eigenvalue weighted by Gasteiger charge is 2.12. The van der Waals surface area contributed by atoms with E-state index in [9.17, 15) is 13.6 Å². The highest BCUT2D eigenvalue weighted by atomic mass is 35.5. The number of carbonyl (C=O) groups is 1. The third-order valence-electron chi connectivity index (χ3n) is 3.77. The average molecular weight is 396 g/mol. The van der Waals surface area contributed by atoms with Crippen molar-refractivity contribution in [1.29, 1.82) is 0 Å². The summed E-state index contributed by atoms with van der Waals surface area (Å²) in [5.74, 6) is -1.38. The Bertz CT molecular complexity index is 855. The van der Waals surface area contributed by atoms with Crippen molar-refractivity contribution in [2.24, 2.45) is 0 Å². The molecule has 0 bridgehead atoms. The van der Waals surface area contributed by atoms with Gasteiger partial charge in [0.25, 0.3) is 0 Å². The second-order valence-electron chi connectivity index (χ2n) is 5.70. The minimum atomic E-state index is -0.958.